The molecular weight excluding hydrogens is 85.0 g/mol. The van der Waals surface area contributed by atoms with Gasteiger partial charge in [-0.15, -0.1) is 0 Å². The normalized spacial score (nSPS) is 6.17. The van der Waals surface area contributed by atoms with Gasteiger partial charge in [0.1, 0.15) is 0 Å². The summed E-state index contributed by atoms with van der Waals surface area (Å²) in [4.78, 5) is 2.09. The Morgan fingerprint density at radius 2 is 2.50 bits per heavy atom. The molecule has 0 aliphatic heterocycles. The van der Waals surface area contributed by atoms with Crippen LogP contribution in [0.1, 0.15) is 0 Å². The van der Waals surface area contributed by atoms with E-state index in [9.17, 15) is 4.39 Å². The predicted molar refractivity (Wildman–Crippen MR) is 19.4 cm³/mol. The third kappa shape index (κ3) is 2.98. The zero-order chi connectivity index (χ0) is 4.99. The van der Waals surface area contributed by atoms with Crippen LogP contribution in [0.2, 0.25) is 0 Å². The van der Waals surface area contributed by atoms with E-state index in [1.807, 2.05) is 0 Å². The van der Waals surface area contributed by atoms with Gasteiger partial charge in [-0.2, -0.15) is 0 Å². The van der Waals surface area contributed by atoms with Crippen molar-refractivity contribution in [2.45, 2.75) is 0 Å². The summed E-state index contributed by atoms with van der Waals surface area (Å²) in [6.07, 6.45) is 0. The molecule has 0 saturated carbocycles. The molecule has 3 nitrogen and oxygen atoms in total. The Labute approximate surface area is 33.7 Å². The summed E-state index contributed by atoms with van der Waals surface area (Å²) in [6, 6.07) is 0. The number of hydrogen-bond donors (Lipinski definition) is 0. The van der Waals surface area contributed by atoms with Crippen molar-refractivity contribution in [3.63, 3.8) is 0 Å². The van der Waals surface area contributed by atoms with Gasteiger partial charge in [-0.3, -0.25) is 0 Å². The van der Waals surface area contributed by atoms with Gasteiger partial charge in [0, 0.05) is 4.91 Å². The molecule has 0 spiro atoms. The third-order valence-corrected chi connectivity index (χ3v) is 0.153. The topological polar surface area (TPSA) is 48.8 Å². The molecule has 32 valence electrons. The minimum atomic E-state index is -1.00. The van der Waals surface area contributed by atoms with E-state index in [-0.39, 0.29) is 0 Å². The minimum Gasteiger partial charge on any atom is -0.205 e. The third-order valence-electron chi connectivity index (χ3n) is 0.153. The molecule has 0 saturated heterocycles. The lowest BCUT2D eigenvalue weighted by Gasteiger charge is -1.64. The fourth-order valence-corrected chi connectivity index (χ4v) is 0.0485. The second kappa shape index (κ2) is 2.23. The zero-order valence-electron chi connectivity index (χ0n) is 2.93. The first-order valence-corrected chi connectivity index (χ1v) is 1.17. The average Bonchev–Trinajstić information content (AvgIpc) is 1.35. The summed E-state index contributed by atoms with van der Waals surface area (Å²) in [6.45, 7) is 2.66. The van der Waals surface area contributed by atoms with Crippen molar-refractivity contribution in [2.75, 3.05) is 0 Å². The molecule has 0 aromatic heterocycles. The van der Waals surface area contributed by atoms with Gasteiger partial charge in [-0.1, -0.05) is 6.58 Å². The molecular formula is C2H2FN3. The number of azide groups is 1. The highest BCUT2D eigenvalue weighted by molar-refractivity contribution is 4.74. The van der Waals surface area contributed by atoms with Gasteiger partial charge in [0.05, 0.1) is 0 Å². The van der Waals surface area contributed by atoms with Crippen molar-refractivity contribution in [3.05, 3.63) is 23.0 Å². The van der Waals surface area contributed by atoms with Gasteiger partial charge in [0.2, 0.25) is 0 Å². The first-order valence-electron chi connectivity index (χ1n) is 1.17. The van der Waals surface area contributed by atoms with Crippen LogP contribution in [-0.2, 0) is 0 Å². The van der Waals surface area contributed by atoms with Crippen LogP contribution in [0.25, 0.3) is 10.4 Å². The van der Waals surface area contributed by atoms with Crippen molar-refractivity contribution in [1.29, 1.82) is 0 Å². The van der Waals surface area contributed by atoms with E-state index in [0.717, 1.165) is 0 Å². The Morgan fingerprint density at radius 3 is 2.50 bits per heavy atom. The zero-order valence-corrected chi connectivity index (χ0v) is 2.93. The number of hydrogen-bond acceptors (Lipinski definition) is 1. The molecule has 0 radical (unpaired) electrons. The van der Waals surface area contributed by atoms with Crippen molar-refractivity contribution in [2.24, 2.45) is 5.11 Å². The second-order valence-electron chi connectivity index (χ2n) is 0.566. The van der Waals surface area contributed by atoms with E-state index in [4.69, 9.17) is 5.53 Å². The first-order chi connectivity index (χ1) is 2.77. The van der Waals surface area contributed by atoms with Crippen LogP contribution in [0.4, 0.5) is 4.39 Å². The van der Waals surface area contributed by atoms with E-state index >= 15 is 0 Å². The van der Waals surface area contributed by atoms with Crippen molar-refractivity contribution in [1.82, 2.24) is 0 Å². The molecule has 0 aliphatic rings. The average molecular weight is 87.1 g/mol. The Hall–Kier alpha value is -1.02. The van der Waals surface area contributed by atoms with Crippen molar-refractivity contribution in [3.8, 4) is 0 Å². The Kier molecular flexibility index (Phi) is 1.85. The van der Waals surface area contributed by atoms with Crippen LogP contribution in [0.3, 0.4) is 0 Å². The van der Waals surface area contributed by atoms with E-state index in [1.54, 1.807) is 0 Å². The molecule has 0 amide bonds. The Balaban J connectivity index is 3.60. The summed E-state index contributed by atoms with van der Waals surface area (Å²) >= 11 is 0. The highest BCUT2D eigenvalue weighted by Crippen LogP contribution is 1.89. The largest absolute Gasteiger partial charge is 0.205 e. The standard InChI is InChI=1S/C2H2FN3/c1-2(3)5-6-4/h1H2. The molecule has 0 atom stereocenters. The number of rotatable bonds is 1. The molecule has 4 heteroatoms. The van der Waals surface area contributed by atoms with Crippen molar-refractivity contribution >= 4 is 0 Å². The molecule has 0 heterocycles. The van der Waals surface area contributed by atoms with Crippen molar-refractivity contribution < 1.29 is 4.39 Å². The van der Waals surface area contributed by atoms with E-state index < -0.39 is 5.95 Å². The van der Waals surface area contributed by atoms with Crippen LogP contribution in [0, 0.1) is 0 Å². The molecule has 0 aliphatic carbocycles. The smallest absolute Gasteiger partial charge is 0.179 e. The Bertz CT molecular complexity index is 101. The molecule has 6 heavy (non-hydrogen) atoms. The SMILES string of the molecule is C=C(F)N=[N+]=[N-]. The minimum absolute atomic E-state index is 1.00. The molecule has 0 aromatic rings. The van der Waals surface area contributed by atoms with Gasteiger partial charge >= 0.3 is 0 Å². The predicted octanol–water partition coefficient (Wildman–Crippen LogP) is 1.74. The van der Waals surface area contributed by atoms with E-state index in [0.29, 0.717) is 0 Å². The lowest BCUT2D eigenvalue weighted by atomic mass is 11.0. The van der Waals surface area contributed by atoms with Crippen LogP contribution >= 0.6 is 0 Å². The fraction of sp³-hybridized carbons (Fsp3) is 0. The lowest BCUT2D eigenvalue weighted by molar-refractivity contribution is 0.629. The maximum Gasteiger partial charge on any atom is 0.179 e. The van der Waals surface area contributed by atoms with Gasteiger partial charge in [-0.25, -0.2) is 4.39 Å². The molecule has 0 rings (SSSR count). The fourth-order valence-electron chi connectivity index (χ4n) is 0.0485. The van der Waals surface area contributed by atoms with Crippen LogP contribution in [0.15, 0.2) is 17.6 Å². The summed E-state index contributed by atoms with van der Waals surface area (Å²) in [5.74, 6) is -1.00. The molecule has 0 bridgehead atoms. The monoisotopic (exact) mass is 87.0 g/mol. The summed E-state index contributed by atoms with van der Waals surface area (Å²) in [5, 5.41) is 2.44. The highest BCUT2D eigenvalue weighted by Gasteiger charge is 1.71. The molecule has 0 aromatic carbocycles. The van der Waals surface area contributed by atoms with Crippen LogP contribution in [0.5, 0.6) is 0 Å². The lowest BCUT2D eigenvalue weighted by Crippen LogP contribution is -1.46. The maximum absolute atomic E-state index is 11.1. The van der Waals surface area contributed by atoms with E-state index in [2.05, 4.69) is 16.6 Å². The van der Waals surface area contributed by atoms with Gasteiger partial charge < -0.3 is 0 Å². The number of nitrogens with zero attached hydrogens (tertiary/aromatic N) is 3. The Morgan fingerprint density at radius 1 is 2.00 bits per heavy atom. The quantitative estimate of drug-likeness (QED) is 0.202. The van der Waals surface area contributed by atoms with E-state index in [1.165, 1.54) is 0 Å². The molecule has 0 unspecified atom stereocenters. The summed E-state index contributed by atoms with van der Waals surface area (Å²) in [5.41, 5.74) is 7.39. The second-order valence-corrected chi connectivity index (χ2v) is 0.566. The van der Waals surface area contributed by atoms with Gasteiger partial charge in [-0.05, 0) is 10.6 Å². The number of halogens is 1. The van der Waals surface area contributed by atoms with Crippen LogP contribution < -0.4 is 0 Å². The highest BCUT2D eigenvalue weighted by atomic mass is 19.1. The maximum atomic E-state index is 11.1. The summed E-state index contributed by atoms with van der Waals surface area (Å²) in [7, 11) is 0. The molecule has 0 N–H and O–H groups in total. The van der Waals surface area contributed by atoms with Gasteiger partial charge in [0.25, 0.3) is 0 Å². The van der Waals surface area contributed by atoms with Crippen LogP contribution in [-0.4, -0.2) is 0 Å². The summed E-state index contributed by atoms with van der Waals surface area (Å²) < 4.78 is 11.1. The van der Waals surface area contributed by atoms with Gasteiger partial charge in [0.15, 0.2) is 5.95 Å². The first kappa shape index (κ1) is 4.98. The molecule has 0 fully saturated rings.